The molecular weight excluding hydrogens is 262 g/mol. The van der Waals surface area contributed by atoms with Gasteiger partial charge in [-0.15, -0.1) is 0 Å². The van der Waals surface area contributed by atoms with Crippen molar-refractivity contribution in [3.8, 4) is 0 Å². The van der Waals surface area contributed by atoms with Crippen LogP contribution in [-0.4, -0.2) is 22.2 Å². The van der Waals surface area contributed by atoms with Crippen molar-refractivity contribution in [3.63, 3.8) is 0 Å². The second-order valence-electron chi connectivity index (χ2n) is 7.63. The number of aryl methyl sites for hydroxylation is 1. The SMILES string of the molecule is CCn1nccc1C(=O)NCC12CC3CC(CC(C3)C1)C2. The van der Waals surface area contributed by atoms with Crippen molar-refractivity contribution in [1.29, 1.82) is 0 Å². The molecule has 0 saturated heterocycles. The van der Waals surface area contributed by atoms with Crippen LogP contribution < -0.4 is 5.32 Å². The summed E-state index contributed by atoms with van der Waals surface area (Å²) in [6.07, 6.45) is 10.1. The summed E-state index contributed by atoms with van der Waals surface area (Å²) in [6, 6.07) is 1.82. The van der Waals surface area contributed by atoms with E-state index in [0.717, 1.165) is 30.8 Å². The molecule has 0 spiro atoms. The maximum absolute atomic E-state index is 12.4. The van der Waals surface area contributed by atoms with Gasteiger partial charge in [0.15, 0.2) is 0 Å². The van der Waals surface area contributed by atoms with E-state index >= 15 is 0 Å². The van der Waals surface area contributed by atoms with Crippen molar-refractivity contribution >= 4 is 5.91 Å². The third-order valence-corrected chi connectivity index (χ3v) is 6.04. The summed E-state index contributed by atoms with van der Waals surface area (Å²) in [5.74, 6) is 2.86. The minimum atomic E-state index is 0.0464. The first-order valence-corrected chi connectivity index (χ1v) is 8.47. The van der Waals surface area contributed by atoms with Crippen LogP contribution in [0.2, 0.25) is 0 Å². The van der Waals surface area contributed by atoms with Gasteiger partial charge in [0.1, 0.15) is 5.69 Å². The Hall–Kier alpha value is -1.32. The smallest absolute Gasteiger partial charge is 0.269 e. The zero-order chi connectivity index (χ0) is 14.4. The lowest BCUT2D eigenvalue weighted by Crippen LogP contribution is -2.51. The molecule has 4 nitrogen and oxygen atoms in total. The van der Waals surface area contributed by atoms with Gasteiger partial charge in [-0.2, -0.15) is 5.10 Å². The molecule has 1 amide bonds. The lowest BCUT2D eigenvalue weighted by molar-refractivity contribution is -0.0503. The van der Waals surface area contributed by atoms with E-state index in [9.17, 15) is 4.79 Å². The third kappa shape index (κ3) is 2.29. The molecule has 1 aromatic rings. The fourth-order valence-electron chi connectivity index (χ4n) is 5.64. The Labute approximate surface area is 126 Å². The third-order valence-electron chi connectivity index (χ3n) is 6.04. The van der Waals surface area contributed by atoms with Crippen molar-refractivity contribution in [2.24, 2.45) is 23.2 Å². The molecular formula is C17H25N3O. The first-order chi connectivity index (χ1) is 10.2. The first kappa shape index (κ1) is 13.4. The molecule has 4 fully saturated rings. The van der Waals surface area contributed by atoms with Crippen LogP contribution in [0.3, 0.4) is 0 Å². The minimum absolute atomic E-state index is 0.0464. The van der Waals surface area contributed by atoms with Crippen LogP contribution in [0.15, 0.2) is 12.3 Å². The Morgan fingerprint density at radius 1 is 1.29 bits per heavy atom. The zero-order valence-electron chi connectivity index (χ0n) is 12.8. The second kappa shape index (κ2) is 4.85. The molecule has 4 heteroatoms. The predicted molar refractivity (Wildman–Crippen MR) is 80.8 cm³/mol. The van der Waals surface area contributed by atoms with Crippen LogP contribution in [0.5, 0.6) is 0 Å². The normalized spacial score (nSPS) is 36.9. The fraction of sp³-hybridized carbons (Fsp3) is 0.765. The van der Waals surface area contributed by atoms with E-state index in [4.69, 9.17) is 0 Å². The molecule has 21 heavy (non-hydrogen) atoms. The van der Waals surface area contributed by atoms with Crippen LogP contribution >= 0.6 is 0 Å². The van der Waals surface area contributed by atoms with Gasteiger partial charge in [-0.25, -0.2) is 0 Å². The molecule has 0 atom stereocenters. The van der Waals surface area contributed by atoms with Gasteiger partial charge in [-0.3, -0.25) is 9.48 Å². The topological polar surface area (TPSA) is 46.9 Å². The number of carbonyl (C=O) groups excluding carboxylic acids is 1. The van der Waals surface area contributed by atoms with E-state index in [1.807, 2.05) is 13.0 Å². The van der Waals surface area contributed by atoms with E-state index in [2.05, 4.69) is 10.4 Å². The Morgan fingerprint density at radius 3 is 2.48 bits per heavy atom. The Morgan fingerprint density at radius 2 is 1.90 bits per heavy atom. The van der Waals surface area contributed by atoms with Gasteiger partial charge < -0.3 is 5.32 Å². The fourth-order valence-corrected chi connectivity index (χ4v) is 5.64. The molecule has 4 aliphatic carbocycles. The van der Waals surface area contributed by atoms with Crippen molar-refractivity contribution in [3.05, 3.63) is 18.0 Å². The van der Waals surface area contributed by atoms with Crippen molar-refractivity contribution < 1.29 is 4.79 Å². The summed E-state index contributed by atoms with van der Waals surface area (Å²) < 4.78 is 1.77. The Balaban J connectivity index is 1.44. The van der Waals surface area contributed by atoms with Crippen LogP contribution in [0, 0.1) is 23.2 Å². The highest BCUT2D eigenvalue weighted by atomic mass is 16.2. The van der Waals surface area contributed by atoms with E-state index in [0.29, 0.717) is 11.1 Å². The molecule has 1 heterocycles. The van der Waals surface area contributed by atoms with Crippen molar-refractivity contribution in [2.75, 3.05) is 6.54 Å². The number of hydrogen-bond donors (Lipinski definition) is 1. The quantitative estimate of drug-likeness (QED) is 0.925. The molecule has 1 N–H and O–H groups in total. The molecule has 4 saturated carbocycles. The largest absolute Gasteiger partial charge is 0.350 e. The predicted octanol–water partition coefficient (Wildman–Crippen LogP) is 2.85. The number of rotatable bonds is 4. The Bertz CT molecular complexity index is 513. The number of nitrogens with one attached hydrogen (secondary N) is 1. The average Bonchev–Trinajstić information content (AvgIpc) is 2.92. The summed E-state index contributed by atoms with van der Waals surface area (Å²) in [5, 5.41) is 7.40. The molecule has 4 aliphatic rings. The highest BCUT2D eigenvalue weighted by Gasteiger charge is 2.50. The summed E-state index contributed by atoms with van der Waals surface area (Å²) in [4.78, 5) is 12.4. The van der Waals surface area contributed by atoms with E-state index in [1.54, 1.807) is 10.9 Å². The molecule has 114 valence electrons. The van der Waals surface area contributed by atoms with E-state index < -0.39 is 0 Å². The lowest BCUT2D eigenvalue weighted by atomic mass is 9.49. The minimum Gasteiger partial charge on any atom is -0.350 e. The second-order valence-corrected chi connectivity index (χ2v) is 7.63. The molecule has 1 aromatic heterocycles. The van der Waals surface area contributed by atoms with Gasteiger partial charge in [0.05, 0.1) is 0 Å². The molecule has 0 aliphatic heterocycles. The summed E-state index contributed by atoms with van der Waals surface area (Å²) in [7, 11) is 0. The molecule has 4 bridgehead atoms. The Kier molecular flexibility index (Phi) is 3.09. The standard InChI is InChI=1S/C17H25N3O/c1-2-20-15(3-4-19-20)16(21)18-11-17-8-12-5-13(9-17)7-14(6-12)10-17/h3-4,12-14H,2,5-11H2,1H3,(H,18,21). The molecule has 0 unspecified atom stereocenters. The maximum Gasteiger partial charge on any atom is 0.269 e. The lowest BCUT2D eigenvalue weighted by Gasteiger charge is -2.56. The van der Waals surface area contributed by atoms with Crippen LogP contribution in [0.25, 0.3) is 0 Å². The zero-order valence-corrected chi connectivity index (χ0v) is 12.8. The number of nitrogens with zero attached hydrogens (tertiary/aromatic N) is 2. The number of carbonyl (C=O) groups is 1. The van der Waals surface area contributed by atoms with Crippen LogP contribution in [-0.2, 0) is 6.54 Å². The van der Waals surface area contributed by atoms with Gasteiger partial charge in [0.2, 0.25) is 0 Å². The van der Waals surface area contributed by atoms with Crippen LogP contribution in [0.4, 0.5) is 0 Å². The summed E-state index contributed by atoms with van der Waals surface area (Å²) in [6.45, 7) is 3.63. The van der Waals surface area contributed by atoms with Crippen molar-refractivity contribution in [2.45, 2.75) is 52.0 Å². The van der Waals surface area contributed by atoms with Gasteiger partial charge in [0.25, 0.3) is 5.91 Å². The highest BCUT2D eigenvalue weighted by molar-refractivity contribution is 5.92. The average molecular weight is 287 g/mol. The summed E-state index contributed by atoms with van der Waals surface area (Å²) >= 11 is 0. The van der Waals surface area contributed by atoms with Gasteiger partial charge in [0, 0.05) is 19.3 Å². The van der Waals surface area contributed by atoms with Gasteiger partial charge in [-0.05, 0) is 74.7 Å². The monoisotopic (exact) mass is 287 g/mol. The number of hydrogen-bond acceptors (Lipinski definition) is 2. The molecule has 0 aromatic carbocycles. The summed E-state index contributed by atoms with van der Waals surface area (Å²) in [5.41, 5.74) is 1.10. The van der Waals surface area contributed by atoms with Crippen molar-refractivity contribution in [1.82, 2.24) is 15.1 Å². The molecule has 0 radical (unpaired) electrons. The van der Waals surface area contributed by atoms with Gasteiger partial charge in [-0.1, -0.05) is 0 Å². The van der Waals surface area contributed by atoms with Gasteiger partial charge >= 0.3 is 0 Å². The first-order valence-electron chi connectivity index (χ1n) is 8.47. The van der Waals surface area contributed by atoms with E-state index in [-0.39, 0.29) is 5.91 Å². The van der Waals surface area contributed by atoms with Crippen LogP contribution in [0.1, 0.15) is 55.9 Å². The maximum atomic E-state index is 12.4. The number of amides is 1. The highest BCUT2D eigenvalue weighted by Crippen LogP contribution is 2.59. The molecule has 5 rings (SSSR count). The van der Waals surface area contributed by atoms with E-state index in [1.165, 1.54) is 38.5 Å². The number of aromatic nitrogens is 2.